The van der Waals surface area contributed by atoms with E-state index in [1.807, 2.05) is 37.3 Å². The fourth-order valence-corrected chi connectivity index (χ4v) is 3.48. The number of anilines is 4. The van der Waals surface area contributed by atoms with Crippen LogP contribution >= 0.6 is 11.3 Å². The number of carbonyl (C=O) groups excluding carboxylic acids is 1. The van der Waals surface area contributed by atoms with Crippen molar-refractivity contribution in [2.45, 2.75) is 6.92 Å². The van der Waals surface area contributed by atoms with E-state index in [-0.39, 0.29) is 21.7 Å². The van der Waals surface area contributed by atoms with Gasteiger partial charge in [-0.05, 0) is 37.3 Å². The number of rotatable bonds is 5. The summed E-state index contributed by atoms with van der Waals surface area (Å²) in [5, 5.41) is 24.7. The van der Waals surface area contributed by atoms with E-state index in [2.05, 4.69) is 10.6 Å². The van der Waals surface area contributed by atoms with Crippen molar-refractivity contribution in [1.82, 2.24) is 0 Å². The second-order valence-corrected chi connectivity index (χ2v) is 7.01. The maximum absolute atomic E-state index is 12.6. The number of benzene rings is 2. The summed E-state index contributed by atoms with van der Waals surface area (Å²) in [6.07, 6.45) is 0. The summed E-state index contributed by atoms with van der Waals surface area (Å²) in [5.74, 6) is -1.61. The Kier molecular flexibility index (Phi) is 5.29. The Morgan fingerprint density at radius 1 is 1.14 bits per heavy atom. The Bertz CT molecular complexity index is 1100. The van der Waals surface area contributed by atoms with Gasteiger partial charge in [-0.25, -0.2) is 4.79 Å². The number of carboxylic acids is 1. The molecule has 0 fully saturated rings. The third kappa shape index (κ3) is 3.95. The van der Waals surface area contributed by atoms with E-state index >= 15 is 0 Å². The molecule has 5 N–H and O–H groups in total. The van der Waals surface area contributed by atoms with Gasteiger partial charge < -0.3 is 21.5 Å². The smallest absolute Gasteiger partial charge is 0.335 e. The number of carboxylic acid groups (broad SMARTS) is 1. The molecule has 3 rings (SSSR count). The summed E-state index contributed by atoms with van der Waals surface area (Å²) < 4.78 is 0. The van der Waals surface area contributed by atoms with E-state index in [0.717, 1.165) is 22.6 Å². The van der Waals surface area contributed by atoms with E-state index < -0.39 is 11.9 Å². The number of hydrogen-bond donors (Lipinski definition) is 4. The van der Waals surface area contributed by atoms with Crippen molar-refractivity contribution in [2.24, 2.45) is 0 Å². The Hall–Kier alpha value is -3.83. The molecular weight excluding hydrogens is 376 g/mol. The third-order valence-corrected chi connectivity index (χ3v) is 5.06. The first-order chi connectivity index (χ1) is 13.4. The number of aromatic carboxylic acids is 1. The number of amides is 1. The zero-order valence-corrected chi connectivity index (χ0v) is 15.6. The molecular formula is C20H16N4O3S. The lowest BCUT2D eigenvalue weighted by Gasteiger charge is -2.05. The van der Waals surface area contributed by atoms with Gasteiger partial charge in [-0.1, -0.05) is 23.8 Å². The minimum absolute atomic E-state index is 0.0522. The van der Waals surface area contributed by atoms with Crippen LogP contribution < -0.4 is 16.4 Å². The predicted octanol–water partition coefficient (Wildman–Crippen LogP) is 4.20. The molecule has 0 radical (unpaired) electrons. The molecule has 3 aromatic rings. The molecule has 1 aromatic heterocycles. The standard InChI is InChI=1S/C20H16N4O3S/c1-11-5-7-13(8-6-11)24-19-15(10-21)16(22)17(28-19)18(25)23-14-4-2-3-12(9-14)20(26)27/h2-9,24H,22H2,1H3,(H,23,25)(H,26,27). The molecule has 28 heavy (non-hydrogen) atoms. The highest BCUT2D eigenvalue weighted by Crippen LogP contribution is 2.37. The van der Waals surface area contributed by atoms with Crippen LogP contribution in [0.15, 0.2) is 48.5 Å². The molecule has 0 aliphatic rings. The van der Waals surface area contributed by atoms with Crippen LogP contribution in [0.2, 0.25) is 0 Å². The minimum atomic E-state index is -1.09. The number of nitrogens with zero attached hydrogens (tertiary/aromatic N) is 1. The number of nitrogen functional groups attached to an aromatic ring is 1. The largest absolute Gasteiger partial charge is 0.478 e. The highest BCUT2D eigenvalue weighted by Gasteiger charge is 2.21. The van der Waals surface area contributed by atoms with Gasteiger partial charge in [0.05, 0.1) is 11.3 Å². The molecule has 2 aromatic carbocycles. The maximum atomic E-state index is 12.6. The number of aryl methyl sites for hydroxylation is 1. The van der Waals surface area contributed by atoms with Crippen LogP contribution in [0.25, 0.3) is 0 Å². The van der Waals surface area contributed by atoms with Crippen molar-refractivity contribution >= 4 is 45.3 Å². The van der Waals surface area contributed by atoms with E-state index in [1.165, 1.54) is 18.2 Å². The number of hydrogen-bond acceptors (Lipinski definition) is 6. The highest BCUT2D eigenvalue weighted by atomic mass is 32.1. The molecule has 7 nitrogen and oxygen atoms in total. The normalized spacial score (nSPS) is 10.1. The lowest BCUT2D eigenvalue weighted by molar-refractivity contribution is 0.0696. The first-order valence-corrected chi connectivity index (χ1v) is 9.01. The number of nitriles is 1. The zero-order chi connectivity index (χ0) is 20.3. The van der Waals surface area contributed by atoms with E-state index in [9.17, 15) is 14.9 Å². The summed E-state index contributed by atoms with van der Waals surface area (Å²) in [7, 11) is 0. The molecule has 140 valence electrons. The van der Waals surface area contributed by atoms with Crippen LogP contribution in [0.4, 0.5) is 22.1 Å². The van der Waals surface area contributed by atoms with Crippen LogP contribution in [0.3, 0.4) is 0 Å². The molecule has 8 heteroatoms. The van der Waals surface area contributed by atoms with Gasteiger partial charge in [0, 0.05) is 11.4 Å². The van der Waals surface area contributed by atoms with Gasteiger partial charge in [-0.3, -0.25) is 4.79 Å². The molecule has 1 heterocycles. The van der Waals surface area contributed by atoms with Crippen molar-refractivity contribution in [3.05, 3.63) is 70.1 Å². The van der Waals surface area contributed by atoms with Gasteiger partial charge in [0.25, 0.3) is 5.91 Å². The highest BCUT2D eigenvalue weighted by molar-refractivity contribution is 7.19. The number of carbonyl (C=O) groups is 2. The van der Waals surface area contributed by atoms with Crippen LogP contribution in [-0.4, -0.2) is 17.0 Å². The Labute approximate surface area is 165 Å². The average Bonchev–Trinajstić information content (AvgIpc) is 2.99. The fraction of sp³-hybridized carbons (Fsp3) is 0.0500. The zero-order valence-electron chi connectivity index (χ0n) is 14.8. The summed E-state index contributed by atoms with van der Waals surface area (Å²) in [5.41, 5.74) is 8.53. The average molecular weight is 392 g/mol. The number of thiophene rings is 1. The van der Waals surface area contributed by atoms with Crippen LogP contribution in [0, 0.1) is 18.3 Å². The van der Waals surface area contributed by atoms with Gasteiger partial charge in [-0.15, -0.1) is 11.3 Å². The molecule has 0 saturated carbocycles. The molecule has 0 bridgehead atoms. The van der Waals surface area contributed by atoms with Crippen molar-refractivity contribution in [3.8, 4) is 6.07 Å². The topological polar surface area (TPSA) is 128 Å². The minimum Gasteiger partial charge on any atom is -0.478 e. The second kappa shape index (κ2) is 7.82. The molecule has 0 aliphatic heterocycles. The van der Waals surface area contributed by atoms with Crippen LogP contribution in [0.1, 0.15) is 31.2 Å². The van der Waals surface area contributed by atoms with Crippen molar-refractivity contribution in [2.75, 3.05) is 16.4 Å². The fourth-order valence-electron chi connectivity index (χ4n) is 2.50. The molecule has 0 atom stereocenters. The van der Waals surface area contributed by atoms with E-state index in [1.54, 1.807) is 6.07 Å². The summed E-state index contributed by atoms with van der Waals surface area (Å²) in [4.78, 5) is 23.9. The number of nitrogens with two attached hydrogens (primary N) is 1. The summed E-state index contributed by atoms with van der Waals surface area (Å²) in [6, 6.07) is 15.5. The second-order valence-electron chi connectivity index (χ2n) is 5.99. The summed E-state index contributed by atoms with van der Waals surface area (Å²) >= 11 is 1.06. The Morgan fingerprint density at radius 3 is 2.50 bits per heavy atom. The SMILES string of the molecule is Cc1ccc(Nc2sc(C(=O)Nc3cccc(C(=O)O)c3)c(N)c2C#N)cc1. The predicted molar refractivity (Wildman–Crippen MR) is 109 cm³/mol. The lowest BCUT2D eigenvalue weighted by atomic mass is 10.2. The molecule has 1 amide bonds. The molecule has 0 aliphatic carbocycles. The molecule has 0 unspecified atom stereocenters. The van der Waals surface area contributed by atoms with Crippen molar-refractivity contribution in [1.29, 1.82) is 5.26 Å². The van der Waals surface area contributed by atoms with Gasteiger partial charge in [0.15, 0.2) is 0 Å². The number of nitrogens with one attached hydrogen (secondary N) is 2. The van der Waals surface area contributed by atoms with Crippen LogP contribution in [0.5, 0.6) is 0 Å². The molecule has 0 spiro atoms. The molecule has 0 saturated heterocycles. The van der Waals surface area contributed by atoms with Gasteiger partial charge in [0.2, 0.25) is 0 Å². The monoisotopic (exact) mass is 392 g/mol. The van der Waals surface area contributed by atoms with Gasteiger partial charge >= 0.3 is 5.97 Å². The Balaban J connectivity index is 1.87. The third-order valence-electron chi connectivity index (χ3n) is 3.94. The van der Waals surface area contributed by atoms with Crippen LogP contribution in [-0.2, 0) is 0 Å². The summed E-state index contributed by atoms with van der Waals surface area (Å²) in [6.45, 7) is 1.97. The van der Waals surface area contributed by atoms with E-state index in [0.29, 0.717) is 10.7 Å². The van der Waals surface area contributed by atoms with Crippen molar-refractivity contribution < 1.29 is 14.7 Å². The Morgan fingerprint density at radius 2 is 1.86 bits per heavy atom. The van der Waals surface area contributed by atoms with Gasteiger partial charge in [-0.2, -0.15) is 5.26 Å². The first-order valence-electron chi connectivity index (χ1n) is 8.20. The maximum Gasteiger partial charge on any atom is 0.335 e. The van der Waals surface area contributed by atoms with E-state index in [4.69, 9.17) is 10.8 Å². The quantitative estimate of drug-likeness (QED) is 0.515. The van der Waals surface area contributed by atoms with Crippen molar-refractivity contribution in [3.63, 3.8) is 0 Å². The van der Waals surface area contributed by atoms with Gasteiger partial charge in [0.1, 0.15) is 21.5 Å². The lowest BCUT2D eigenvalue weighted by Crippen LogP contribution is -2.12. The first kappa shape index (κ1) is 18.9.